The first-order valence-corrected chi connectivity index (χ1v) is 7.69. The Bertz CT molecular complexity index is 833. The van der Waals surface area contributed by atoms with Gasteiger partial charge in [0.1, 0.15) is 17.0 Å². The molecule has 0 saturated heterocycles. The lowest BCUT2D eigenvalue weighted by Gasteiger charge is -2.00. The number of benzene rings is 1. The molecule has 0 aliphatic carbocycles. The number of hydrogen-bond donors (Lipinski definition) is 0. The van der Waals surface area contributed by atoms with Crippen LogP contribution in [-0.2, 0) is 6.42 Å². The van der Waals surface area contributed by atoms with Crippen LogP contribution in [0.15, 0.2) is 57.3 Å². The van der Waals surface area contributed by atoms with Crippen molar-refractivity contribution in [2.45, 2.75) is 16.7 Å². The zero-order chi connectivity index (χ0) is 16.9. The summed E-state index contributed by atoms with van der Waals surface area (Å²) >= 11 is 1.15. The SMILES string of the molecule is COc1ccc(Cc2nnc(Sc3ccc([N+](=O)[O-])cn3)o2)cc1. The molecule has 122 valence electrons. The first-order chi connectivity index (χ1) is 11.6. The third-order valence-corrected chi connectivity index (χ3v) is 3.88. The van der Waals surface area contributed by atoms with Crippen LogP contribution in [0.2, 0.25) is 0 Å². The van der Waals surface area contributed by atoms with Crippen LogP contribution in [0.3, 0.4) is 0 Å². The Kier molecular flexibility index (Phi) is 4.71. The standard InChI is InChI=1S/C15H12N4O4S/c1-22-12-5-2-10(3-6-12)8-13-17-18-15(23-13)24-14-7-4-11(9-16-14)19(20)21/h2-7,9H,8H2,1H3. The summed E-state index contributed by atoms with van der Waals surface area (Å²) in [4.78, 5) is 14.1. The lowest BCUT2D eigenvalue weighted by atomic mass is 10.1. The number of pyridine rings is 1. The molecule has 2 heterocycles. The third kappa shape index (κ3) is 3.87. The number of methoxy groups -OCH3 is 1. The second kappa shape index (κ2) is 7.09. The van der Waals surface area contributed by atoms with E-state index >= 15 is 0 Å². The Morgan fingerprint density at radius 1 is 1.21 bits per heavy atom. The maximum absolute atomic E-state index is 10.6. The number of rotatable bonds is 6. The first kappa shape index (κ1) is 15.9. The summed E-state index contributed by atoms with van der Waals surface area (Å²) in [6, 6.07) is 10.5. The fraction of sp³-hybridized carbons (Fsp3) is 0.133. The molecule has 0 aliphatic heterocycles. The maximum Gasteiger partial charge on any atom is 0.287 e. The molecule has 0 atom stereocenters. The van der Waals surface area contributed by atoms with Crippen molar-refractivity contribution < 1.29 is 14.1 Å². The summed E-state index contributed by atoms with van der Waals surface area (Å²) in [7, 11) is 1.61. The average molecular weight is 344 g/mol. The van der Waals surface area contributed by atoms with E-state index in [-0.39, 0.29) is 5.69 Å². The van der Waals surface area contributed by atoms with Crippen LogP contribution in [0.25, 0.3) is 0 Å². The van der Waals surface area contributed by atoms with Crippen molar-refractivity contribution in [2.75, 3.05) is 7.11 Å². The molecule has 0 unspecified atom stereocenters. The fourth-order valence-electron chi connectivity index (χ4n) is 1.90. The molecule has 0 saturated carbocycles. The lowest BCUT2D eigenvalue weighted by molar-refractivity contribution is -0.385. The van der Waals surface area contributed by atoms with E-state index in [2.05, 4.69) is 15.2 Å². The van der Waals surface area contributed by atoms with Crippen LogP contribution in [0.5, 0.6) is 5.75 Å². The monoisotopic (exact) mass is 344 g/mol. The van der Waals surface area contributed by atoms with Gasteiger partial charge in [-0.15, -0.1) is 10.2 Å². The van der Waals surface area contributed by atoms with Crippen LogP contribution in [0.1, 0.15) is 11.5 Å². The molecule has 9 heteroatoms. The second-order valence-electron chi connectivity index (χ2n) is 4.70. The van der Waals surface area contributed by atoms with Gasteiger partial charge in [-0.1, -0.05) is 12.1 Å². The Labute approximate surface area is 141 Å². The number of nitrogens with zero attached hydrogens (tertiary/aromatic N) is 4. The van der Waals surface area contributed by atoms with Gasteiger partial charge in [0.15, 0.2) is 0 Å². The quantitative estimate of drug-likeness (QED) is 0.496. The van der Waals surface area contributed by atoms with Crippen molar-refractivity contribution >= 4 is 17.4 Å². The third-order valence-electron chi connectivity index (χ3n) is 3.09. The number of ether oxygens (including phenoxy) is 1. The summed E-state index contributed by atoms with van der Waals surface area (Å²) in [5.41, 5.74) is 0.953. The van der Waals surface area contributed by atoms with Gasteiger partial charge in [0.25, 0.3) is 10.9 Å². The highest BCUT2D eigenvalue weighted by molar-refractivity contribution is 7.99. The highest BCUT2D eigenvalue weighted by Gasteiger charge is 2.11. The van der Waals surface area contributed by atoms with Gasteiger partial charge in [-0.25, -0.2) is 4.98 Å². The van der Waals surface area contributed by atoms with E-state index in [1.807, 2.05) is 24.3 Å². The van der Waals surface area contributed by atoms with Gasteiger partial charge in [-0.3, -0.25) is 10.1 Å². The molecule has 0 amide bonds. The van der Waals surface area contributed by atoms with Gasteiger partial charge in [-0.2, -0.15) is 0 Å². The Morgan fingerprint density at radius 2 is 2.00 bits per heavy atom. The molecule has 24 heavy (non-hydrogen) atoms. The molecule has 0 bridgehead atoms. The van der Waals surface area contributed by atoms with Crippen LogP contribution in [0, 0.1) is 10.1 Å². The van der Waals surface area contributed by atoms with Crippen molar-refractivity contribution in [2.24, 2.45) is 0 Å². The molecule has 0 N–H and O–H groups in total. The minimum absolute atomic E-state index is 0.0647. The summed E-state index contributed by atoms with van der Waals surface area (Å²) < 4.78 is 10.7. The number of aromatic nitrogens is 3. The fourth-order valence-corrected chi connectivity index (χ4v) is 2.54. The molecule has 0 fully saturated rings. The summed E-state index contributed by atoms with van der Waals surface area (Å²) in [6.07, 6.45) is 1.70. The van der Waals surface area contributed by atoms with Crippen LogP contribution >= 0.6 is 11.8 Å². The normalized spacial score (nSPS) is 10.5. The van der Waals surface area contributed by atoms with E-state index < -0.39 is 4.92 Å². The van der Waals surface area contributed by atoms with Crippen LogP contribution in [0.4, 0.5) is 5.69 Å². The van der Waals surface area contributed by atoms with E-state index in [9.17, 15) is 10.1 Å². The molecule has 0 spiro atoms. The van der Waals surface area contributed by atoms with E-state index in [4.69, 9.17) is 9.15 Å². The van der Waals surface area contributed by atoms with Gasteiger partial charge in [0.2, 0.25) is 5.89 Å². The Hall–Kier alpha value is -2.94. The first-order valence-electron chi connectivity index (χ1n) is 6.87. The molecule has 0 radical (unpaired) electrons. The second-order valence-corrected chi connectivity index (χ2v) is 5.67. The van der Waals surface area contributed by atoms with Crippen molar-refractivity contribution in [1.82, 2.24) is 15.2 Å². The topological polar surface area (TPSA) is 104 Å². The average Bonchev–Trinajstić information content (AvgIpc) is 3.03. The Balaban J connectivity index is 1.65. The molecule has 2 aromatic heterocycles. The van der Waals surface area contributed by atoms with Crippen LogP contribution in [-0.4, -0.2) is 27.2 Å². The van der Waals surface area contributed by atoms with Crippen molar-refractivity contribution in [3.05, 3.63) is 64.2 Å². The van der Waals surface area contributed by atoms with Gasteiger partial charge in [0, 0.05) is 6.07 Å². The van der Waals surface area contributed by atoms with Crippen molar-refractivity contribution in [1.29, 1.82) is 0 Å². The van der Waals surface area contributed by atoms with E-state index in [0.29, 0.717) is 22.6 Å². The zero-order valence-corrected chi connectivity index (χ0v) is 13.4. The summed E-state index contributed by atoms with van der Waals surface area (Å²) in [5, 5.41) is 19.4. The summed E-state index contributed by atoms with van der Waals surface area (Å²) in [6.45, 7) is 0. The van der Waals surface area contributed by atoms with Gasteiger partial charge in [0.05, 0.1) is 18.5 Å². The zero-order valence-electron chi connectivity index (χ0n) is 12.6. The predicted octanol–water partition coefficient (Wildman–Crippen LogP) is 3.12. The number of nitro groups is 1. The Morgan fingerprint density at radius 3 is 2.62 bits per heavy atom. The maximum atomic E-state index is 10.6. The van der Waals surface area contributed by atoms with Gasteiger partial charge in [-0.05, 0) is 35.5 Å². The van der Waals surface area contributed by atoms with E-state index in [1.54, 1.807) is 7.11 Å². The van der Waals surface area contributed by atoms with Gasteiger partial charge < -0.3 is 9.15 Å². The number of hydrogen-bond acceptors (Lipinski definition) is 8. The molecule has 8 nitrogen and oxygen atoms in total. The molecule has 1 aromatic carbocycles. The molecular weight excluding hydrogens is 332 g/mol. The molecule has 3 rings (SSSR count). The molecule has 0 aliphatic rings. The molecule has 3 aromatic rings. The molecular formula is C15H12N4O4S. The predicted molar refractivity (Wildman–Crippen MR) is 85.1 cm³/mol. The van der Waals surface area contributed by atoms with Gasteiger partial charge >= 0.3 is 0 Å². The van der Waals surface area contributed by atoms with Crippen molar-refractivity contribution in [3.8, 4) is 5.75 Å². The van der Waals surface area contributed by atoms with Crippen LogP contribution < -0.4 is 4.74 Å². The smallest absolute Gasteiger partial charge is 0.287 e. The summed E-state index contributed by atoms with van der Waals surface area (Å²) in [5.74, 6) is 1.26. The lowest BCUT2D eigenvalue weighted by Crippen LogP contribution is -1.89. The minimum Gasteiger partial charge on any atom is -0.497 e. The van der Waals surface area contributed by atoms with E-state index in [1.165, 1.54) is 18.3 Å². The van der Waals surface area contributed by atoms with Crippen molar-refractivity contribution in [3.63, 3.8) is 0 Å². The highest BCUT2D eigenvalue weighted by Crippen LogP contribution is 2.26. The van der Waals surface area contributed by atoms with E-state index in [0.717, 1.165) is 23.1 Å². The highest BCUT2D eigenvalue weighted by atomic mass is 32.2. The minimum atomic E-state index is -0.499. The largest absolute Gasteiger partial charge is 0.497 e.